The molecule has 0 aliphatic carbocycles. The molecule has 0 radical (unpaired) electrons. The summed E-state index contributed by atoms with van der Waals surface area (Å²) in [5.74, 6) is -0.446. The molecule has 8 heteroatoms. The minimum Gasteiger partial charge on any atom is -0.870 e. The summed E-state index contributed by atoms with van der Waals surface area (Å²) >= 11 is 1.32. The molecular formula is C21H20FN3O3S. The van der Waals surface area contributed by atoms with Gasteiger partial charge < -0.3 is 14.7 Å². The van der Waals surface area contributed by atoms with Gasteiger partial charge in [-0.15, -0.1) is 0 Å². The lowest BCUT2D eigenvalue weighted by atomic mass is 10.2. The van der Waals surface area contributed by atoms with Gasteiger partial charge in [-0.25, -0.2) is 4.39 Å². The minimum absolute atomic E-state index is 0.191. The Hall–Kier alpha value is -2.84. The molecule has 0 spiro atoms. The number of methoxy groups -OCH3 is 1. The highest BCUT2D eigenvalue weighted by molar-refractivity contribution is 8.18. The van der Waals surface area contributed by atoms with Gasteiger partial charge in [0.15, 0.2) is 16.7 Å². The van der Waals surface area contributed by atoms with Gasteiger partial charge in [-0.3, -0.25) is 9.69 Å². The van der Waals surface area contributed by atoms with Crippen LogP contribution in [0.25, 0.3) is 6.08 Å². The molecule has 0 atom stereocenters. The number of benzene rings is 2. The van der Waals surface area contributed by atoms with Crippen molar-refractivity contribution >= 4 is 34.6 Å². The summed E-state index contributed by atoms with van der Waals surface area (Å²) in [6.45, 7) is 2.84. The van der Waals surface area contributed by atoms with Crippen molar-refractivity contribution in [2.45, 2.75) is 0 Å². The monoisotopic (exact) mass is 413 g/mol. The molecule has 0 aromatic heterocycles. The van der Waals surface area contributed by atoms with Crippen LogP contribution in [0.2, 0.25) is 0 Å². The summed E-state index contributed by atoms with van der Waals surface area (Å²) in [5, 5.41) is 12.3. The lowest BCUT2D eigenvalue weighted by Gasteiger charge is -2.32. The van der Waals surface area contributed by atoms with Crippen LogP contribution < -0.4 is 14.7 Å². The van der Waals surface area contributed by atoms with E-state index in [1.165, 1.54) is 31.0 Å². The van der Waals surface area contributed by atoms with Crippen LogP contribution in [0.1, 0.15) is 5.56 Å². The molecule has 1 fully saturated rings. The lowest BCUT2D eigenvalue weighted by molar-refractivity contribution is -0.838. The number of nitrogens with zero attached hydrogens (tertiary/aromatic N) is 2. The smallest absolute Gasteiger partial charge is 0.286 e. The number of para-hydroxylation sites is 1. The number of ether oxygens (including phenoxy) is 1. The van der Waals surface area contributed by atoms with Crippen LogP contribution in [-0.2, 0) is 4.79 Å². The summed E-state index contributed by atoms with van der Waals surface area (Å²) in [6, 6.07) is 11.5. The average Bonchev–Trinajstić information content (AvgIpc) is 3.10. The quantitative estimate of drug-likeness (QED) is 0.771. The van der Waals surface area contributed by atoms with Crippen LogP contribution in [0.15, 0.2) is 52.4 Å². The number of quaternary nitrogens is 1. The van der Waals surface area contributed by atoms with Crippen molar-refractivity contribution in [3.05, 3.63) is 58.8 Å². The molecule has 6 nitrogen and oxygen atoms in total. The second-order valence-electron chi connectivity index (χ2n) is 6.79. The maximum atomic E-state index is 14.0. The zero-order chi connectivity index (χ0) is 20.4. The van der Waals surface area contributed by atoms with E-state index in [2.05, 4.69) is 9.89 Å². The summed E-state index contributed by atoms with van der Waals surface area (Å²) in [5.41, 5.74) is 1.39. The number of rotatable bonds is 3. The second-order valence-corrected chi connectivity index (χ2v) is 7.80. The Morgan fingerprint density at radius 1 is 1.24 bits per heavy atom. The predicted octanol–water partition coefficient (Wildman–Crippen LogP) is 1.41. The molecule has 2 aromatic carbocycles. The van der Waals surface area contributed by atoms with Crippen LogP contribution in [0.5, 0.6) is 11.5 Å². The predicted molar refractivity (Wildman–Crippen MR) is 109 cm³/mol. The molecule has 2 heterocycles. The van der Waals surface area contributed by atoms with Gasteiger partial charge in [0.25, 0.3) is 5.91 Å². The van der Waals surface area contributed by atoms with Crippen molar-refractivity contribution in [3.8, 4) is 11.5 Å². The average molecular weight is 413 g/mol. The van der Waals surface area contributed by atoms with Gasteiger partial charge in [0.1, 0.15) is 5.75 Å². The number of carbonyl (C=O) groups is 1. The Balaban J connectivity index is 1.42. The molecule has 2 aliphatic rings. The third-order valence-corrected chi connectivity index (χ3v) is 6.03. The van der Waals surface area contributed by atoms with E-state index in [1.54, 1.807) is 24.3 Å². The molecule has 0 unspecified atom stereocenters. The molecule has 29 heavy (non-hydrogen) atoms. The number of amides is 1. The summed E-state index contributed by atoms with van der Waals surface area (Å²) in [4.78, 5) is 20.2. The number of piperazine rings is 1. The maximum Gasteiger partial charge on any atom is 0.286 e. The lowest BCUT2D eigenvalue weighted by Crippen LogP contribution is -3.10. The summed E-state index contributed by atoms with van der Waals surface area (Å²) in [7, 11) is 1.44. The van der Waals surface area contributed by atoms with Crippen LogP contribution in [0.4, 0.5) is 10.1 Å². The topological polar surface area (TPSA) is 69.4 Å². The van der Waals surface area contributed by atoms with Crippen molar-refractivity contribution in [2.24, 2.45) is 4.99 Å². The van der Waals surface area contributed by atoms with Crippen LogP contribution in [-0.4, -0.2) is 49.3 Å². The minimum atomic E-state index is -0.293. The molecule has 0 saturated carbocycles. The number of nitrogens with one attached hydrogen (secondary N) is 1. The van der Waals surface area contributed by atoms with Gasteiger partial charge in [0, 0.05) is 6.07 Å². The van der Waals surface area contributed by atoms with E-state index in [1.807, 2.05) is 12.1 Å². The summed E-state index contributed by atoms with van der Waals surface area (Å²) < 4.78 is 19.1. The molecule has 4 rings (SSSR count). The fourth-order valence-corrected chi connectivity index (χ4v) is 4.41. The normalized spacial score (nSPS) is 19.0. The Bertz CT molecular complexity index is 1000. The number of halogens is 1. The highest BCUT2D eigenvalue weighted by atomic mass is 32.2. The third kappa shape index (κ3) is 4.13. The highest BCUT2D eigenvalue weighted by Crippen LogP contribution is 2.32. The van der Waals surface area contributed by atoms with Crippen molar-refractivity contribution in [2.75, 3.05) is 33.3 Å². The first-order valence-electron chi connectivity index (χ1n) is 9.27. The number of amidine groups is 1. The van der Waals surface area contributed by atoms with Gasteiger partial charge in [0.05, 0.1) is 38.2 Å². The van der Waals surface area contributed by atoms with Crippen LogP contribution in [0.3, 0.4) is 0 Å². The number of hydrogen-bond acceptors (Lipinski definition) is 5. The first-order chi connectivity index (χ1) is 14.0. The molecular weight excluding hydrogens is 393 g/mol. The Morgan fingerprint density at radius 2 is 2.00 bits per heavy atom. The number of carbonyl (C=O) groups excluding carboxylic acids is 1. The molecule has 2 aliphatic heterocycles. The second kappa shape index (κ2) is 8.26. The van der Waals surface area contributed by atoms with Gasteiger partial charge in [-0.05, 0) is 35.5 Å². The van der Waals surface area contributed by atoms with E-state index in [9.17, 15) is 14.3 Å². The van der Waals surface area contributed by atoms with E-state index in [0.717, 1.165) is 18.0 Å². The Kier molecular flexibility index (Phi) is 5.55. The highest BCUT2D eigenvalue weighted by Gasteiger charge is 2.31. The molecule has 1 amide bonds. The van der Waals surface area contributed by atoms with Crippen LogP contribution >= 0.6 is 11.8 Å². The fourth-order valence-electron chi connectivity index (χ4n) is 3.44. The van der Waals surface area contributed by atoms with E-state index in [0.29, 0.717) is 34.4 Å². The fraction of sp³-hybridized carbons (Fsp3) is 0.238. The van der Waals surface area contributed by atoms with Crippen molar-refractivity contribution in [1.82, 2.24) is 4.90 Å². The zero-order valence-corrected chi connectivity index (χ0v) is 16.7. The van der Waals surface area contributed by atoms with Gasteiger partial charge >= 0.3 is 0 Å². The SMILES string of the molecule is COc1cc(/C=C2/SC(N3CC[NH+](c4ccccc4F)CC3)=NC2=O)ccc1[O-]. The standard InChI is InChI=1S/C21H20FN3O3S/c1-28-18-12-14(6-7-17(18)26)13-19-20(27)23-21(29-19)25-10-8-24(9-11-25)16-5-3-2-4-15(16)22/h2-7,12-13,26H,8-11H2,1H3/b19-13+. The number of thioether (sulfide) groups is 1. The van der Waals surface area contributed by atoms with Gasteiger partial charge in [-0.2, -0.15) is 4.99 Å². The van der Waals surface area contributed by atoms with Crippen LogP contribution in [0, 0.1) is 5.82 Å². The van der Waals surface area contributed by atoms with Crippen molar-refractivity contribution in [3.63, 3.8) is 0 Å². The molecule has 2 aromatic rings. The molecule has 1 N–H and O–H groups in total. The van der Waals surface area contributed by atoms with Gasteiger partial charge in [-0.1, -0.05) is 30.0 Å². The number of aliphatic imine (C=N–C) groups is 1. The van der Waals surface area contributed by atoms with E-state index in [4.69, 9.17) is 4.74 Å². The first kappa shape index (κ1) is 19.5. The zero-order valence-electron chi connectivity index (χ0n) is 15.9. The van der Waals surface area contributed by atoms with E-state index < -0.39 is 0 Å². The Morgan fingerprint density at radius 3 is 2.72 bits per heavy atom. The summed E-state index contributed by atoms with van der Waals surface area (Å²) in [6.07, 6.45) is 1.71. The van der Waals surface area contributed by atoms with Crippen molar-refractivity contribution in [1.29, 1.82) is 0 Å². The first-order valence-corrected chi connectivity index (χ1v) is 10.1. The molecule has 0 bridgehead atoms. The van der Waals surface area contributed by atoms with Crippen molar-refractivity contribution < 1.29 is 23.9 Å². The van der Waals surface area contributed by atoms with E-state index in [-0.39, 0.29) is 23.2 Å². The maximum absolute atomic E-state index is 14.0. The third-order valence-electron chi connectivity index (χ3n) is 4.99. The molecule has 1 saturated heterocycles. The largest absolute Gasteiger partial charge is 0.870 e. The Labute approximate surface area is 172 Å². The van der Waals surface area contributed by atoms with E-state index >= 15 is 0 Å². The number of hydrogen-bond donors (Lipinski definition) is 1. The van der Waals surface area contributed by atoms with Gasteiger partial charge in [0.2, 0.25) is 0 Å². The molecule has 150 valence electrons.